The monoisotopic (exact) mass is 260 g/mol. The minimum atomic E-state index is -0.131. The molecule has 19 heavy (non-hydrogen) atoms. The average molecular weight is 260 g/mol. The zero-order valence-electron chi connectivity index (χ0n) is 10.8. The molecular weight excluding hydrogens is 244 g/mol. The lowest BCUT2D eigenvalue weighted by atomic mass is 10.1. The summed E-state index contributed by atoms with van der Waals surface area (Å²) in [5.74, 6) is 5.92. The van der Waals surface area contributed by atoms with E-state index >= 15 is 0 Å². The first-order valence-corrected chi connectivity index (χ1v) is 5.79. The molecule has 0 aliphatic heterocycles. The Balaban J connectivity index is 2.21. The molecule has 2 aromatic rings. The Morgan fingerprint density at radius 1 is 1.53 bits per heavy atom. The Morgan fingerprint density at radius 3 is 2.95 bits per heavy atom. The van der Waals surface area contributed by atoms with Crippen molar-refractivity contribution in [3.63, 3.8) is 0 Å². The first-order chi connectivity index (χ1) is 9.11. The third kappa shape index (κ3) is 2.89. The number of nitrogen functional groups attached to an aromatic ring is 1. The number of hydrogen-bond acceptors (Lipinski definition) is 5. The highest BCUT2D eigenvalue weighted by atomic mass is 16.2. The molecule has 4 N–H and O–H groups in total. The molecule has 7 heteroatoms. The summed E-state index contributed by atoms with van der Waals surface area (Å²) in [6, 6.07) is 5.47. The number of aromatic nitrogens is 3. The fraction of sp³-hybridized carbons (Fsp3) is 0.250. The number of nitrogens with zero attached hydrogens (tertiary/aromatic N) is 3. The summed E-state index contributed by atoms with van der Waals surface area (Å²) in [4.78, 5) is 17.9. The highest BCUT2D eigenvalue weighted by Gasteiger charge is 2.16. The van der Waals surface area contributed by atoms with Gasteiger partial charge in [-0.2, -0.15) is 5.10 Å². The van der Waals surface area contributed by atoms with Crippen LogP contribution >= 0.6 is 0 Å². The van der Waals surface area contributed by atoms with Gasteiger partial charge in [0.2, 0.25) is 0 Å². The van der Waals surface area contributed by atoms with Crippen LogP contribution in [0.15, 0.2) is 24.5 Å². The van der Waals surface area contributed by atoms with E-state index in [9.17, 15) is 4.79 Å². The van der Waals surface area contributed by atoms with Crippen LogP contribution in [0.4, 0.5) is 5.69 Å². The van der Waals surface area contributed by atoms with Gasteiger partial charge >= 0.3 is 0 Å². The Hall–Kier alpha value is -2.41. The summed E-state index contributed by atoms with van der Waals surface area (Å²) in [5.41, 5.74) is 4.66. The van der Waals surface area contributed by atoms with Gasteiger partial charge < -0.3 is 10.3 Å². The second-order valence-electron chi connectivity index (χ2n) is 4.29. The molecule has 100 valence electrons. The lowest BCUT2D eigenvalue weighted by molar-refractivity contribution is 0.0782. The van der Waals surface area contributed by atoms with Crippen molar-refractivity contribution in [3.8, 4) is 0 Å². The highest BCUT2D eigenvalue weighted by Crippen LogP contribution is 2.18. The molecule has 0 aliphatic rings. The number of carbonyl (C=O) groups excluding carboxylic acids is 1. The average Bonchev–Trinajstić information content (AvgIpc) is 2.90. The number of anilines is 1. The van der Waals surface area contributed by atoms with Gasteiger partial charge in [-0.3, -0.25) is 15.7 Å². The van der Waals surface area contributed by atoms with E-state index in [1.54, 1.807) is 24.1 Å². The van der Waals surface area contributed by atoms with Crippen LogP contribution in [0.1, 0.15) is 21.7 Å². The van der Waals surface area contributed by atoms with Gasteiger partial charge in [0.15, 0.2) is 0 Å². The molecule has 1 aromatic heterocycles. The first-order valence-electron chi connectivity index (χ1n) is 5.79. The van der Waals surface area contributed by atoms with Gasteiger partial charge in [0.1, 0.15) is 12.2 Å². The lowest BCUT2D eigenvalue weighted by Gasteiger charge is -2.18. The summed E-state index contributed by atoms with van der Waals surface area (Å²) in [7, 11) is 1.70. The van der Waals surface area contributed by atoms with Crippen molar-refractivity contribution in [3.05, 3.63) is 41.5 Å². The maximum absolute atomic E-state index is 12.4. The fourth-order valence-corrected chi connectivity index (χ4v) is 1.77. The van der Waals surface area contributed by atoms with Crippen LogP contribution < -0.4 is 11.3 Å². The summed E-state index contributed by atoms with van der Waals surface area (Å²) >= 11 is 0. The number of H-pyrrole nitrogens is 1. The molecule has 1 aromatic carbocycles. The Kier molecular flexibility index (Phi) is 3.76. The zero-order valence-corrected chi connectivity index (χ0v) is 10.8. The first kappa shape index (κ1) is 13.0. The Labute approximate surface area is 110 Å². The fourth-order valence-electron chi connectivity index (χ4n) is 1.77. The van der Waals surface area contributed by atoms with Gasteiger partial charge in [0.25, 0.3) is 5.91 Å². The van der Waals surface area contributed by atoms with E-state index in [1.165, 1.54) is 6.33 Å². The third-order valence-electron chi connectivity index (χ3n) is 2.76. The van der Waals surface area contributed by atoms with Crippen molar-refractivity contribution >= 4 is 11.6 Å². The smallest absolute Gasteiger partial charge is 0.256 e. The van der Waals surface area contributed by atoms with Crippen LogP contribution in [0.25, 0.3) is 0 Å². The van der Waals surface area contributed by atoms with E-state index in [0.29, 0.717) is 23.6 Å². The quantitative estimate of drug-likeness (QED) is 0.554. The van der Waals surface area contributed by atoms with Crippen LogP contribution in [-0.2, 0) is 6.54 Å². The number of hydrogen-bond donors (Lipinski definition) is 3. The predicted octanol–water partition coefficient (Wildman–Crippen LogP) is 0.671. The molecule has 0 fully saturated rings. The Morgan fingerprint density at radius 2 is 2.32 bits per heavy atom. The minimum absolute atomic E-state index is 0.131. The molecule has 0 unspecified atom stereocenters. The summed E-state index contributed by atoms with van der Waals surface area (Å²) in [6.07, 6.45) is 1.41. The maximum Gasteiger partial charge on any atom is 0.256 e. The molecule has 0 saturated carbocycles. The van der Waals surface area contributed by atoms with Crippen molar-refractivity contribution in [2.75, 3.05) is 12.5 Å². The van der Waals surface area contributed by atoms with E-state index in [4.69, 9.17) is 5.84 Å². The minimum Gasteiger partial charge on any atom is -0.334 e. The number of nitrogens with two attached hydrogens (primary N) is 1. The van der Waals surface area contributed by atoms with E-state index in [-0.39, 0.29) is 5.91 Å². The van der Waals surface area contributed by atoms with Crippen molar-refractivity contribution < 1.29 is 4.79 Å². The summed E-state index contributed by atoms with van der Waals surface area (Å²) in [6.45, 7) is 2.28. The summed E-state index contributed by atoms with van der Waals surface area (Å²) < 4.78 is 0. The van der Waals surface area contributed by atoms with Crippen LogP contribution in [0.5, 0.6) is 0 Å². The van der Waals surface area contributed by atoms with Crippen molar-refractivity contribution in [1.29, 1.82) is 0 Å². The molecule has 0 atom stereocenters. The van der Waals surface area contributed by atoms with Crippen molar-refractivity contribution in [2.45, 2.75) is 13.5 Å². The number of benzene rings is 1. The lowest BCUT2D eigenvalue weighted by Crippen LogP contribution is -2.28. The van der Waals surface area contributed by atoms with Crippen LogP contribution in [0.2, 0.25) is 0 Å². The number of hydrazine groups is 1. The number of rotatable bonds is 4. The van der Waals surface area contributed by atoms with Gasteiger partial charge in [-0.15, -0.1) is 0 Å². The van der Waals surface area contributed by atoms with Gasteiger partial charge in [-0.05, 0) is 19.1 Å². The topological polar surface area (TPSA) is 99.9 Å². The molecule has 0 spiro atoms. The second kappa shape index (κ2) is 5.49. The molecule has 0 aliphatic carbocycles. The standard InChI is InChI=1S/C12H16N6O/c1-8-3-4-10(16-13)9(5-8)12(19)18(2)6-11-14-7-15-17-11/h3-5,7,16H,6,13H2,1-2H3,(H,14,15,17). The number of aryl methyl sites for hydroxylation is 1. The normalized spacial score (nSPS) is 10.3. The van der Waals surface area contributed by atoms with E-state index in [2.05, 4.69) is 20.6 Å². The van der Waals surface area contributed by atoms with Gasteiger partial charge in [0, 0.05) is 7.05 Å². The number of carbonyl (C=O) groups is 1. The van der Waals surface area contributed by atoms with Gasteiger partial charge in [-0.1, -0.05) is 11.6 Å². The van der Waals surface area contributed by atoms with E-state index < -0.39 is 0 Å². The van der Waals surface area contributed by atoms with Crippen molar-refractivity contribution in [1.82, 2.24) is 20.1 Å². The maximum atomic E-state index is 12.4. The number of nitrogens with one attached hydrogen (secondary N) is 2. The molecule has 2 rings (SSSR count). The second-order valence-corrected chi connectivity index (χ2v) is 4.29. The molecule has 0 bridgehead atoms. The molecule has 1 amide bonds. The van der Waals surface area contributed by atoms with Gasteiger partial charge in [-0.25, -0.2) is 4.98 Å². The molecule has 1 heterocycles. The zero-order chi connectivity index (χ0) is 13.8. The number of aromatic amines is 1. The molecular formula is C12H16N6O. The third-order valence-corrected chi connectivity index (χ3v) is 2.76. The van der Waals surface area contributed by atoms with E-state index in [1.807, 2.05) is 13.0 Å². The Bertz CT molecular complexity index is 566. The van der Waals surface area contributed by atoms with Crippen LogP contribution in [-0.4, -0.2) is 33.0 Å². The summed E-state index contributed by atoms with van der Waals surface area (Å²) in [5, 5.41) is 6.47. The van der Waals surface area contributed by atoms with E-state index in [0.717, 1.165) is 5.56 Å². The van der Waals surface area contributed by atoms with Crippen LogP contribution in [0.3, 0.4) is 0 Å². The number of amides is 1. The SMILES string of the molecule is Cc1ccc(NN)c(C(=O)N(C)Cc2ncn[nH]2)c1. The highest BCUT2D eigenvalue weighted by molar-refractivity contribution is 5.99. The molecule has 0 radical (unpaired) electrons. The predicted molar refractivity (Wildman–Crippen MR) is 71.2 cm³/mol. The molecule has 0 saturated heterocycles. The van der Waals surface area contributed by atoms with Crippen LogP contribution in [0, 0.1) is 6.92 Å². The molecule has 7 nitrogen and oxygen atoms in total. The van der Waals surface area contributed by atoms with Gasteiger partial charge in [0.05, 0.1) is 17.8 Å². The largest absolute Gasteiger partial charge is 0.334 e. The van der Waals surface area contributed by atoms with Crippen molar-refractivity contribution in [2.24, 2.45) is 5.84 Å².